The molecule has 0 fully saturated rings. The summed E-state index contributed by atoms with van der Waals surface area (Å²) in [6.45, 7) is 6.24. The maximum atomic E-state index is 11.0. The summed E-state index contributed by atoms with van der Waals surface area (Å²) in [7, 11) is 0. The zero-order valence-corrected chi connectivity index (χ0v) is 14.4. The molecule has 0 bridgehead atoms. The fraction of sp³-hybridized carbons (Fsp3) is 0.316. The molecule has 0 saturated carbocycles. The molecule has 1 aromatic heterocycles. The van der Waals surface area contributed by atoms with E-state index in [1.165, 1.54) is 0 Å². The monoisotopic (exact) mass is 327 g/mol. The van der Waals surface area contributed by atoms with E-state index in [0.717, 1.165) is 20.9 Å². The van der Waals surface area contributed by atoms with Gasteiger partial charge in [0, 0.05) is 10.3 Å². The second-order valence-corrected chi connectivity index (χ2v) is 7.55. The molecule has 3 nitrogen and oxygen atoms in total. The van der Waals surface area contributed by atoms with E-state index in [2.05, 4.69) is 32.6 Å². The predicted molar refractivity (Wildman–Crippen MR) is 95.4 cm³/mol. The first-order valence-corrected chi connectivity index (χ1v) is 8.27. The summed E-state index contributed by atoms with van der Waals surface area (Å²) in [4.78, 5) is 13.1. The molecule has 1 atom stereocenters. The van der Waals surface area contributed by atoms with Crippen LogP contribution >= 0.6 is 11.3 Å². The molecule has 120 valence electrons. The molecule has 3 N–H and O–H groups in total. The van der Waals surface area contributed by atoms with Gasteiger partial charge in [-0.05, 0) is 50.5 Å². The Kier molecular flexibility index (Phi) is 5.25. The highest BCUT2D eigenvalue weighted by atomic mass is 32.1. The van der Waals surface area contributed by atoms with Gasteiger partial charge in [-0.3, -0.25) is 4.79 Å². The van der Waals surface area contributed by atoms with Gasteiger partial charge in [-0.1, -0.05) is 36.1 Å². The van der Waals surface area contributed by atoms with Crippen molar-refractivity contribution in [3.8, 4) is 22.3 Å². The number of benzene rings is 1. The smallest absolute Gasteiger partial charge is 0.320 e. The summed E-state index contributed by atoms with van der Waals surface area (Å²) in [5, 5.41) is 9.01. The lowest BCUT2D eigenvalue weighted by molar-refractivity contribution is -0.138. The number of hydrogen-bond donors (Lipinski definition) is 2. The summed E-state index contributed by atoms with van der Waals surface area (Å²) >= 11 is 1.61. The second-order valence-electron chi connectivity index (χ2n) is 6.47. The molecule has 23 heavy (non-hydrogen) atoms. The second kappa shape index (κ2) is 6.99. The average Bonchev–Trinajstić information content (AvgIpc) is 2.93. The van der Waals surface area contributed by atoms with Gasteiger partial charge in [0.25, 0.3) is 0 Å². The highest BCUT2D eigenvalue weighted by Gasteiger charge is 2.15. The van der Waals surface area contributed by atoms with E-state index in [0.29, 0.717) is 6.42 Å². The largest absolute Gasteiger partial charge is 0.480 e. The Morgan fingerprint density at radius 3 is 2.61 bits per heavy atom. The average molecular weight is 327 g/mol. The molecule has 1 aromatic carbocycles. The number of nitrogens with two attached hydrogens (primary N) is 1. The van der Waals surface area contributed by atoms with Crippen LogP contribution in [-0.2, 0) is 11.2 Å². The third kappa shape index (κ3) is 4.95. The van der Waals surface area contributed by atoms with Crippen molar-refractivity contribution < 1.29 is 9.90 Å². The highest BCUT2D eigenvalue weighted by molar-refractivity contribution is 7.16. The van der Waals surface area contributed by atoms with E-state index in [-0.39, 0.29) is 5.41 Å². The topological polar surface area (TPSA) is 63.3 Å². The molecule has 1 heterocycles. The van der Waals surface area contributed by atoms with Gasteiger partial charge in [-0.15, -0.1) is 11.3 Å². The fourth-order valence-corrected chi connectivity index (χ4v) is 2.98. The number of aliphatic carboxylic acids is 1. The summed E-state index contributed by atoms with van der Waals surface area (Å²) < 4.78 is 0. The van der Waals surface area contributed by atoms with Crippen LogP contribution in [0.15, 0.2) is 36.4 Å². The van der Waals surface area contributed by atoms with Gasteiger partial charge < -0.3 is 10.8 Å². The Bertz CT molecular complexity index is 759. The molecular weight excluding hydrogens is 306 g/mol. The van der Waals surface area contributed by atoms with Gasteiger partial charge in [0.1, 0.15) is 6.04 Å². The van der Waals surface area contributed by atoms with Crippen LogP contribution in [0.4, 0.5) is 0 Å². The van der Waals surface area contributed by atoms with Crippen molar-refractivity contribution in [1.29, 1.82) is 0 Å². The molecule has 0 radical (unpaired) electrons. The molecule has 0 unspecified atom stereocenters. The quantitative estimate of drug-likeness (QED) is 0.840. The van der Waals surface area contributed by atoms with Crippen LogP contribution in [0.25, 0.3) is 10.4 Å². The standard InChI is InChI=1S/C19H21NO2S/c1-19(2,3)11-10-14-8-9-17(23-14)15-7-5-4-6-13(15)12-16(20)18(21)22/h4-9,16H,12,20H2,1-3H3,(H,21,22)/t16-/m0/s1. The molecule has 0 aliphatic carbocycles. The Labute approximate surface area is 141 Å². The molecule has 0 saturated heterocycles. The normalized spacial score (nSPS) is 12.3. The maximum Gasteiger partial charge on any atom is 0.320 e. The van der Waals surface area contributed by atoms with Gasteiger partial charge in [-0.25, -0.2) is 0 Å². The minimum atomic E-state index is -0.984. The molecule has 4 heteroatoms. The van der Waals surface area contributed by atoms with E-state index in [1.807, 2.05) is 36.4 Å². The lowest BCUT2D eigenvalue weighted by Gasteiger charge is -2.10. The number of carboxylic acid groups (broad SMARTS) is 1. The number of hydrogen-bond acceptors (Lipinski definition) is 3. The lowest BCUT2D eigenvalue weighted by atomic mass is 9.98. The lowest BCUT2D eigenvalue weighted by Crippen LogP contribution is -2.32. The Morgan fingerprint density at radius 1 is 1.26 bits per heavy atom. The van der Waals surface area contributed by atoms with Crippen molar-refractivity contribution in [3.63, 3.8) is 0 Å². The molecule has 0 amide bonds. The van der Waals surface area contributed by atoms with Gasteiger partial charge in [-0.2, -0.15) is 0 Å². The molecular formula is C19H21NO2S. The molecule has 2 rings (SSSR count). The molecule has 0 spiro atoms. The minimum Gasteiger partial charge on any atom is -0.480 e. The van der Waals surface area contributed by atoms with Crippen LogP contribution in [0.3, 0.4) is 0 Å². The summed E-state index contributed by atoms with van der Waals surface area (Å²) in [5.41, 5.74) is 7.62. The van der Waals surface area contributed by atoms with Gasteiger partial charge in [0.05, 0.1) is 4.88 Å². The van der Waals surface area contributed by atoms with E-state index in [9.17, 15) is 4.79 Å². The minimum absolute atomic E-state index is 0.0314. The Balaban J connectivity index is 2.31. The number of thiophene rings is 1. The molecule has 0 aliphatic rings. The maximum absolute atomic E-state index is 11.0. The van der Waals surface area contributed by atoms with Crippen molar-refractivity contribution in [2.75, 3.05) is 0 Å². The SMILES string of the molecule is CC(C)(C)C#Cc1ccc(-c2ccccc2C[C@H](N)C(=O)O)s1. The molecule has 0 aliphatic heterocycles. The first kappa shape index (κ1) is 17.3. The van der Waals surface area contributed by atoms with Crippen molar-refractivity contribution in [1.82, 2.24) is 0 Å². The van der Waals surface area contributed by atoms with Gasteiger partial charge in [0.2, 0.25) is 0 Å². The van der Waals surface area contributed by atoms with E-state index >= 15 is 0 Å². The zero-order valence-electron chi connectivity index (χ0n) is 13.6. The summed E-state index contributed by atoms with van der Waals surface area (Å²) in [5.74, 6) is 5.45. The van der Waals surface area contributed by atoms with Crippen LogP contribution in [0.1, 0.15) is 31.2 Å². The Morgan fingerprint density at radius 2 is 1.96 bits per heavy atom. The van der Waals surface area contributed by atoms with Gasteiger partial charge in [0.15, 0.2) is 0 Å². The van der Waals surface area contributed by atoms with Gasteiger partial charge >= 0.3 is 5.97 Å². The first-order valence-electron chi connectivity index (χ1n) is 7.46. The number of carbonyl (C=O) groups is 1. The van der Waals surface area contributed by atoms with E-state index in [4.69, 9.17) is 10.8 Å². The van der Waals surface area contributed by atoms with E-state index < -0.39 is 12.0 Å². The third-order valence-corrected chi connectivity index (χ3v) is 4.24. The number of carboxylic acids is 1. The number of rotatable bonds is 4. The zero-order chi connectivity index (χ0) is 17.0. The van der Waals surface area contributed by atoms with Crippen molar-refractivity contribution in [2.45, 2.75) is 33.2 Å². The van der Waals surface area contributed by atoms with Crippen LogP contribution in [0.5, 0.6) is 0 Å². The van der Waals surface area contributed by atoms with Crippen LogP contribution in [-0.4, -0.2) is 17.1 Å². The van der Waals surface area contributed by atoms with Crippen molar-refractivity contribution in [3.05, 3.63) is 46.8 Å². The fourth-order valence-electron chi connectivity index (χ4n) is 2.06. The highest BCUT2D eigenvalue weighted by Crippen LogP contribution is 2.31. The van der Waals surface area contributed by atoms with Crippen LogP contribution in [0.2, 0.25) is 0 Å². The third-order valence-electron chi connectivity index (χ3n) is 3.21. The van der Waals surface area contributed by atoms with Crippen molar-refractivity contribution in [2.24, 2.45) is 11.1 Å². The van der Waals surface area contributed by atoms with Crippen LogP contribution in [0, 0.1) is 17.3 Å². The van der Waals surface area contributed by atoms with Crippen LogP contribution < -0.4 is 5.73 Å². The summed E-state index contributed by atoms with van der Waals surface area (Å²) in [6.07, 6.45) is 0.312. The van der Waals surface area contributed by atoms with E-state index in [1.54, 1.807) is 11.3 Å². The predicted octanol–water partition coefficient (Wildman–Crippen LogP) is 3.77. The summed E-state index contributed by atoms with van der Waals surface area (Å²) in [6, 6.07) is 10.9. The first-order chi connectivity index (χ1) is 10.8. The van der Waals surface area contributed by atoms with Crippen molar-refractivity contribution >= 4 is 17.3 Å². The molecule has 2 aromatic rings. The Hall–Kier alpha value is -2.09.